The Balaban J connectivity index is 1.61. The lowest BCUT2D eigenvalue weighted by molar-refractivity contribution is -0.141. The van der Waals surface area contributed by atoms with E-state index < -0.39 is 0 Å². The number of hydrogen-bond donors (Lipinski definition) is 0. The Morgan fingerprint density at radius 1 is 0.861 bits per heavy atom. The molecule has 1 aromatic rings. The van der Waals surface area contributed by atoms with Gasteiger partial charge in [-0.25, -0.2) is 4.85 Å². The Morgan fingerprint density at radius 2 is 1.31 bits per heavy atom. The summed E-state index contributed by atoms with van der Waals surface area (Å²) in [5, 5.41) is 9.75. The van der Waals surface area contributed by atoms with Crippen molar-refractivity contribution in [3.05, 3.63) is 29.1 Å². The zero-order valence-electron chi connectivity index (χ0n) is 21.9. The molecule has 0 radical (unpaired) electrons. The van der Waals surface area contributed by atoms with Crippen molar-refractivity contribution in [3.63, 3.8) is 0 Å². The highest BCUT2D eigenvalue weighted by Gasteiger charge is 2.31. The molecule has 0 saturated heterocycles. The summed E-state index contributed by atoms with van der Waals surface area (Å²) in [6.45, 7) is 12.0. The number of carbonyl (C=O) groups is 2. The van der Waals surface area contributed by atoms with Gasteiger partial charge in [0.15, 0.2) is 0 Å². The van der Waals surface area contributed by atoms with Crippen molar-refractivity contribution in [2.24, 2.45) is 23.7 Å². The Labute approximate surface area is 216 Å². The predicted molar refractivity (Wildman–Crippen MR) is 139 cm³/mol. The summed E-state index contributed by atoms with van der Waals surface area (Å²) in [6, 6.07) is 4.94. The lowest BCUT2D eigenvalue weighted by Crippen LogP contribution is -2.26. The maximum atomic E-state index is 12.8. The van der Waals surface area contributed by atoms with Crippen LogP contribution in [0.4, 0.5) is 5.69 Å². The van der Waals surface area contributed by atoms with Crippen LogP contribution in [0.5, 0.6) is 11.5 Å². The quantitative estimate of drug-likeness (QED) is 0.188. The van der Waals surface area contributed by atoms with Gasteiger partial charge in [0, 0.05) is 0 Å². The number of nitriles is 1. The number of rotatable bonds is 10. The molecule has 0 aliphatic heterocycles. The highest BCUT2D eigenvalue weighted by molar-refractivity contribution is 5.82. The number of ether oxygens (including phenoxy) is 2. The molecule has 0 bridgehead atoms. The van der Waals surface area contributed by atoms with E-state index in [4.69, 9.17) is 16.0 Å². The zero-order chi connectivity index (χ0) is 25.9. The highest BCUT2D eigenvalue weighted by Crippen LogP contribution is 2.40. The summed E-state index contributed by atoms with van der Waals surface area (Å²) in [4.78, 5) is 29.1. The average molecular weight is 493 g/mol. The molecule has 2 fully saturated rings. The molecule has 0 amide bonds. The molecule has 36 heavy (non-hydrogen) atoms. The number of benzene rings is 1. The van der Waals surface area contributed by atoms with Crippen molar-refractivity contribution in [2.45, 2.75) is 104 Å². The van der Waals surface area contributed by atoms with Crippen LogP contribution in [0.15, 0.2) is 12.1 Å². The molecule has 0 aromatic heterocycles. The van der Waals surface area contributed by atoms with Gasteiger partial charge in [-0.2, -0.15) is 5.26 Å². The second-order valence-corrected chi connectivity index (χ2v) is 10.6. The minimum atomic E-state index is -0.346. The molecular weight excluding hydrogens is 452 g/mol. The molecule has 194 valence electrons. The standard InChI is InChI=1S/C30H40N2O4/c1-4-6-8-21-10-14-23(15-11-21)29(33)35-26-18-19-27(28(32-3)25(26)20-31)36-30(34)24-16-12-22(13-17-24)9-7-5-2/h18-19,21-24H,4-17H2,1-2H3. The maximum Gasteiger partial charge on any atom is 0.314 e. The third kappa shape index (κ3) is 7.33. The van der Waals surface area contributed by atoms with Crippen molar-refractivity contribution >= 4 is 17.6 Å². The van der Waals surface area contributed by atoms with E-state index in [0.717, 1.165) is 51.4 Å². The van der Waals surface area contributed by atoms with E-state index in [0.29, 0.717) is 11.8 Å². The number of carbonyl (C=O) groups excluding carboxylic acids is 2. The normalized spacial score (nSPS) is 23.8. The van der Waals surface area contributed by atoms with E-state index >= 15 is 0 Å². The first kappa shape index (κ1) is 27.7. The van der Waals surface area contributed by atoms with Gasteiger partial charge in [-0.1, -0.05) is 52.4 Å². The van der Waals surface area contributed by atoms with Gasteiger partial charge in [0.25, 0.3) is 0 Å². The van der Waals surface area contributed by atoms with Crippen LogP contribution in [-0.4, -0.2) is 11.9 Å². The van der Waals surface area contributed by atoms with E-state index in [1.165, 1.54) is 50.7 Å². The van der Waals surface area contributed by atoms with Gasteiger partial charge in [-0.05, 0) is 75.3 Å². The Hall–Kier alpha value is -2.86. The molecule has 1 aromatic carbocycles. The van der Waals surface area contributed by atoms with E-state index in [1.807, 2.05) is 6.07 Å². The van der Waals surface area contributed by atoms with Crippen LogP contribution < -0.4 is 9.47 Å². The number of unbranched alkanes of at least 4 members (excludes halogenated alkanes) is 2. The summed E-state index contributed by atoms with van der Waals surface area (Å²) < 4.78 is 11.2. The topological polar surface area (TPSA) is 80.8 Å². The Kier molecular flexibility index (Phi) is 10.8. The number of hydrogen-bond acceptors (Lipinski definition) is 5. The fourth-order valence-corrected chi connectivity index (χ4v) is 5.68. The highest BCUT2D eigenvalue weighted by atomic mass is 16.5. The molecule has 0 spiro atoms. The van der Waals surface area contributed by atoms with Crippen molar-refractivity contribution in [3.8, 4) is 17.6 Å². The van der Waals surface area contributed by atoms with Gasteiger partial charge in [-0.3, -0.25) is 9.59 Å². The van der Waals surface area contributed by atoms with Crippen LogP contribution in [0.25, 0.3) is 4.85 Å². The van der Waals surface area contributed by atoms with Crippen LogP contribution in [-0.2, 0) is 9.59 Å². The molecule has 0 unspecified atom stereocenters. The van der Waals surface area contributed by atoms with Gasteiger partial charge >= 0.3 is 11.9 Å². The van der Waals surface area contributed by atoms with Crippen molar-refractivity contribution in [1.82, 2.24) is 0 Å². The van der Waals surface area contributed by atoms with Gasteiger partial charge in [-0.15, -0.1) is 0 Å². The summed E-state index contributed by atoms with van der Waals surface area (Å²) in [6.07, 6.45) is 14.5. The first-order valence-electron chi connectivity index (χ1n) is 13.9. The molecule has 6 nitrogen and oxygen atoms in total. The van der Waals surface area contributed by atoms with Crippen molar-refractivity contribution < 1.29 is 19.1 Å². The van der Waals surface area contributed by atoms with Gasteiger partial charge < -0.3 is 9.47 Å². The fraction of sp³-hybridized carbons (Fsp3) is 0.667. The monoisotopic (exact) mass is 492 g/mol. The van der Waals surface area contributed by atoms with Gasteiger partial charge in [0.2, 0.25) is 5.69 Å². The van der Waals surface area contributed by atoms with Crippen LogP contribution in [0.3, 0.4) is 0 Å². The Morgan fingerprint density at radius 3 is 1.72 bits per heavy atom. The summed E-state index contributed by atoms with van der Waals surface area (Å²) >= 11 is 0. The van der Waals surface area contributed by atoms with E-state index in [-0.39, 0.29) is 46.5 Å². The van der Waals surface area contributed by atoms with E-state index in [9.17, 15) is 14.9 Å². The van der Waals surface area contributed by atoms with Crippen LogP contribution in [0, 0.1) is 41.6 Å². The largest absolute Gasteiger partial charge is 0.438 e. The van der Waals surface area contributed by atoms with Crippen molar-refractivity contribution in [1.29, 1.82) is 5.26 Å². The molecule has 2 saturated carbocycles. The molecule has 3 rings (SSSR count). The second-order valence-electron chi connectivity index (χ2n) is 10.6. The molecule has 2 aliphatic rings. The molecule has 2 aliphatic carbocycles. The Bertz CT molecular complexity index is 895. The molecule has 0 heterocycles. The van der Waals surface area contributed by atoms with E-state index in [1.54, 1.807) is 0 Å². The molecule has 0 atom stereocenters. The first-order chi connectivity index (χ1) is 17.5. The third-order valence-corrected chi connectivity index (χ3v) is 8.04. The number of nitrogens with zero attached hydrogens (tertiary/aromatic N) is 2. The van der Waals surface area contributed by atoms with E-state index in [2.05, 4.69) is 18.7 Å². The van der Waals surface area contributed by atoms with Crippen LogP contribution >= 0.6 is 0 Å². The van der Waals surface area contributed by atoms with Crippen molar-refractivity contribution in [2.75, 3.05) is 0 Å². The van der Waals surface area contributed by atoms with Crippen LogP contribution in [0.1, 0.15) is 109 Å². The third-order valence-electron chi connectivity index (χ3n) is 8.04. The fourth-order valence-electron chi connectivity index (χ4n) is 5.68. The number of esters is 2. The lowest BCUT2D eigenvalue weighted by Gasteiger charge is -2.27. The minimum absolute atomic E-state index is 0.0523. The summed E-state index contributed by atoms with van der Waals surface area (Å²) in [5.41, 5.74) is -0.125. The molecule has 6 heteroatoms. The summed E-state index contributed by atoms with van der Waals surface area (Å²) in [7, 11) is 0. The maximum absolute atomic E-state index is 12.8. The smallest absolute Gasteiger partial charge is 0.314 e. The average Bonchev–Trinajstić information content (AvgIpc) is 2.91. The SMILES string of the molecule is [C-]#[N+]c1c(OC(=O)C2CCC(CCCC)CC2)ccc(OC(=O)C2CCC(CCCC)CC2)c1C#N. The van der Waals surface area contributed by atoms with Gasteiger partial charge in [0.05, 0.1) is 24.5 Å². The zero-order valence-corrected chi connectivity index (χ0v) is 21.9. The predicted octanol–water partition coefficient (Wildman–Crippen LogP) is 7.91. The lowest BCUT2D eigenvalue weighted by atomic mass is 9.80. The molecular formula is C30H40N2O4. The first-order valence-corrected chi connectivity index (χ1v) is 13.9. The molecule has 0 N–H and O–H groups in total. The second kappa shape index (κ2) is 14.0. The van der Waals surface area contributed by atoms with Gasteiger partial charge in [0.1, 0.15) is 17.1 Å². The summed E-state index contributed by atoms with van der Waals surface area (Å²) in [5.74, 6) is 0.431. The van der Waals surface area contributed by atoms with Crippen LogP contribution in [0.2, 0.25) is 0 Å². The minimum Gasteiger partial charge on any atom is -0.438 e.